The molecule has 0 aliphatic heterocycles. The molecule has 0 aromatic carbocycles. The molecule has 0 amide bonds. The van der Waals surface area contributed by atoms with Crippen molar-refractivity contribution in [3.05, 3.63) is 24.3 Å². The van der Waals surface area contributed by atoms with Crippen LogP contribution in [-0.4, -0.2) is 37.2 Å². The average Bonchev–Trinajstić information content (AvgIpc) is 3.28. The Morgan fingerprint density at radius 1 is 0.302 bits per heavy atom. The Bertz CT molecular complexity index is 1020. The van der Waals surface area contributed by atoms with Crippen LogP contribution in [0.2, 0.25) is 0 Å². The predicted octanol–water partition coefficient (Wildman–Crippen LogP) is 18.3. The summed E-state index contributed by atoms with van der Waals surface area (Å²) in [5.41, 5.74) is 0. The van der Waals surface area contributed by atoms with Gasteiger partial charge in [-0.05, 0) is 64.2 Å². The maximum absolute atomic E-state index is 12.8. The summed E-state index contributed by atoms with van der Waals surface area (Å²) in [5, 5.41) is 0. The predicted molar refractivity (Wildman–Crippen MR) is 270 cm³/mol. The van der Waals surface area contributed by atoms with Crippen molar-refractivity contribution < 1.29 is 28.6 Å². The van der Waals surface area contributed by atoms with Gasteiger partial charge < -0.3 is 14.2 Å². The lowest BCUT2D eigenvalue weighted by atomic mass is 10.0. The third-order valence-electron chi connectivity index (χ3n) is 12.4. The molecule has 0 rings (SSSR count). The molecule has 0 aliphatic rings. The third-order valence-corrected chi connectivity index (χ3v) is 12.4. The molecule has 6 nitrogen and oxygen atoms in total. The highest BCUT2D eigenvalue weighted by atomic mass is 16.6. The first-order valence-electron chi connectivity index (χ1n) is 27.8. The van der Waals surface area contributed by atoms with Gasteiger partial charge in [-0.25, -0.2) is 0 Å². The molecule has 0 bridgehead atoms. The van der Waals surface area contributed by atoms with Crippen LogP contribution in [0.3, 0.4) is 0 Å². The van der Waals surface area contributed by atoms with Crippen LogP contribution in [0.25, 0.3) is 0 Å². The van der Waals surface area contributed by atoms with E-state index in [4.69, 9.17) is 14.2 Å². The summed E-state index contributed by atoms with van der Waals surface area (Å²) in [4.78, 5) is 38.0. The van der Waals surface area contributed by atoms with Crippen LogP contribution < -0.4 is 0 Å². The minimum absolute atomic E-state index is 0.0734. The second-order valence-electron chi connectivity index (χ2n) is 18.8. The van der Waals surface area contributed by atoms with Crippen molar-refractivity contribution in [2.75, 3.05) is 13.2 Å². The highest BCUT2D eigenvalue weighted by Gasteiger charge is 2.19. The van der Waals surface area contributed by atoms with Crippen molar-refractivity contribution in [3.8, 4) is 0 Å². The van der Waals surface area contributed by atoms with E-state index < -0.39 is 6.10 Å². The van der Waals surface area contributed by atoms with E-state index in [1.54, 1.807) is 0 Å². The number of ether oxygens (including phenoxy) is 3. The second kappa shape index (κ2) is 52.5. The van der Waals surface area contributed by atoms with Crippen LogP contribution in [0.15, 0.2) is 24.3 Å². The average molecular weight is 887 g/mol. The lowest BCUT2D eigenvalue weighted by molar-refractivity contribution is -0.167. The summed E-state index contributed by atoms with van der Waals surface area (Å²) >= 11 is 0. The molecule has 0 heterocycles. The van der Waals surface area contributed by atoms with Crippen molar-refractivity contribution in [2.24, 2.45) is 0 Å². The van der Waals surface area contributed by atoms with Crippen molar-refractivity contribution in [1.29, 1.82) is 0 Å². The third kappa shape index (κ3) is 50.7. The summed E-state index contributed by atoms with van der Waals surface area (Å²) in [7, 11) is 0. The summed E-state index contributed by atoms with van der Waals surface area (Å²) in [6.07, 6.45) is 60.4. The molecule has 0 saturated carbocycles. The maximum atomic E-state index is 12.8. The van der Waals surface area contributed by atoms with Crippen LogP contribution in [0, 0.1) is 0 Å². The standard InChI is InChI=1S/C57H106O6/c1-4-7-10-13-16-19-22-24-25-26-27-28-29-30-31-32-33-36-38-41-44-47-50-56(59)62-53-54(52-61-55(58)49-46-43-40-37-34-21-18-15-12-9-6-3)63-57(60)51-48-45-42-39-35-23-20-17-14-11-8-5-2/h15,17-18,20,54H,4-14,16,19,21-53H2,1-3H3/b18-15-,20-17-. The molecule has 0 N–H and O–H groups in total. The van der Waals surface area contributed by atoms with Gasteiger partial charge in [0.1, 0.15) is 13.2 Å². The fraction of sp³-hybridized carbons (Fsp3) is 0.877. The molecule has 63 heavy (non-hydrogen) atoms. The summed E-state index contributed by atoms with van der Waals surface area (Å²) < 4.78 is 16.8. The first-order chi connectivity index (χ1) is 31.0. The molecule has 0 fully saturated rings. The van der Waals surface area contributed by atoms with E-state index in [9.17, 15) is 14.4 Å². The van der Waals surface area contributed by atoms with E-state index in [1.165, 1.54) is 193 Å². The molecule has 0 aromatic rings. The zero-order chi connectivity index (χ0) is 45.8. The van der Waals surface area contributed by atoms with Gasteiger partial charge in [0, 0.05) is 19.3 Å². The van der Waals surface area contributed by atoms with Gasteiger partial charge >= 0.3 is 17.9 Å². The SMILES string of the molecule is CCCC/C=C\CCCCCCCC(=O)OCC(COC(=O)CCCCCCCCCCCCCCCCCCCCCCCC)OC(=O)CCCCCCC/C=C\CCCCC. The minimum atomic E-state index is -0.774. The smallest absolute Gasteiger partial charge is 0.306 e. The number of hydrogen-bond acceptors (Lipinski definition) is 6. The van der Waals surface area contributed by atoms with E-state index >= 15 is 0 Å². The monoisotopic (exact) mass is 887 g/mol. The Labute approximate surface area is 392 Å². The van der Waals surface area contributed by atoms with Gasteiger partial charge in [0.2, 0.25) is 0 Å². The minimum Gasteiger partial charge on any atom is -0.462 e. The van der Waals surface area contributed by atoms with Crippen LogP contribution in [0.1, 0.15) is 303 Å². The lowest BCUT2D eigenvalue weighted by Crippen LogP contribution is -2.30. The molecule has 0 aromatic heterocycles. The number of hydrogen-bond donors (Lipinski definition) is 0. The zero-order valence-electron chi connectivity index (χ0n) is 42.4. The molecule has 0 spiro atoms. The van der Waals surface area contributed by atoms with Crippen LogP contribution in [0.4, 0.5) is 0 Å². The van der Waals surface area contributed by atoms with Gasteiger partial charge in [0.25, 0.3) is 0 Å². The second-order valence-corrected chi connectivity index (χ2v) is 18.8. The highest BCUT2D eigenvalue weighted by molar-refractivity contribution is 5.71. The number of carbonyl (C=O) groups excluding carboxylic acids is 3. The van der Waals surface area contributed by atoms with E-state index in [1.807, 2.05) is 0 Å². The van der Waals surface area contributed by atoms with E-state index in [2.05, 4.69) is 45.1 Å². The van der Waals surface area contributed by atoms with Crippen molar-refractivity contribution in [1.82, 2.24) is 0 Å². The zero-order valence-corrected chi connectivity index (χ0v) is 42.4. The number of unbranched alkanes of at least 4 members (excludes halogenated alkanes) is 36. The molecule has 6 heteroatoms. The fourth-order valence-corrected chi connectivity index (χ4v) is 8.18. The number of esters is 3. The van der Waals surface area contributed by atoms with Crippen LogP contribution >= 0.6 is 0 Å². The van der Waals surface area contributed by atoms with Crippen molar-refractivity contribution in [3.63, 3.8) is 0 Å². The van der Waals surface area contributed by atoms with Gasteiger partial charge in [-0.3, -0.25) is 14.4 Å². The lowest BCUT2D eigenvalue weighted by Gasteiger charge is -2.18. The topological polar surface area (TPSA) is 78.9 Å². The fourth-order valence-electron chi connectivity index (χ4n) is 8.18. The Kier molecular flexibility index (Phi) is 50.8. The highest BCUT2D eigenvalue weighted by Crippen LogP contribution is 2.17. The molecule has 0 radical (unpaired) electrons. The summed E-state index contributed by atoms with van der Waals surface area (Å²) in [5.74, 6) is -0.878. The van der Waals surface area contributed by atoms with Gasteiger partial charge in [-0.2, -0.15) is 0 Å². The van der Waals surface area contributed by atoms with Gasteiger partial charge in [-0.1, -0.05) is 244 Å². The maximum Gasteiger partial charge on any atom is 0.306 e. The number of carbonyl (C=O) groups is 3. The first kappa shape index (κ1) is 60.9. The van der Waals surface area contributed by atoms with E-state index in [0.717, 1.165) is 70.6 Å². The Morgan fingerprint density at radius 3 is 0.873 bits per heavy atom. The Hall–Kier alpha value is -2.11. The molecular weight excluding hydrogens is 781 g/mol. The first-order valence-corrected chi connectivity index (χ1v) is 27.8. The normalized spacial score (nSPS) is 12.1. The quantitative estimate of drug-likeness (QED) is 0.0262. The number of rotatable bonds is 51. The van der Waals surface area contributed by atoms with Crippen LogP contribution in [0.5, 0.6) is 0 Å². The van der Waals surface area contributed by atoms with Crippen LogP contribution in [-0.2, 0) is 28.6 Å². The Morgan fingerprint density at radius 2 is 0.540 bits per heavy atom. The molecule has 0 aliphatic carbocycles. The molecular formula is C57H106O6. The van der Waals surface area contributed by atoms with Gasteiger partial charge in [-0.15, -0.1) is 0 Å². The Balaban J connectivity index is 4.20. The molecule has 0 saturated heterocycles. The van der Waals surface area contributed by atoms with Gasteiger partial charge in [0.15, 0.2) is 6.10 Å². The van der Waals surface area contributed by atoms with Crippen molar-refractivity contribution in [2.45, 2.75) is 309 Å². The largest absolute Gasteiger partial charge is 0.462 e. The molecule has 370 valence electrons. The molecule has 1 atom stereocenters. The van der Waals surface area contributed by atoms with Crippen molar-refractivity contribution >= 4 is 17.9 Å². The number of allylic oxidation sites excluding steroid dienone is 4. The molecule has 1 unspecified atom stereocenters. The summed E-state index contributed by atoms with van der Waals surface area (Å²) in [6.45, 7) is 6.60. The van der Waals surface area contributed by atoms with Gasteiger partial charge in [0.05, 0.1) is 0 Å². The van der Waals surface area contributed by atoms with E-state index in [0.29, 0.717) is 19.3 Å². The summed E-state index contributed by atoms with van der Waals surface area (Å²) in [6, 6.07) is 0. The van der Waals surface area contributed by atoms with E-state index in [-0.39, 0.29) is 31.1 Å².